The van der Waals surface area contributed by atoms with Crippen molar-refractivity contribution in [3.05, 3.63) is 24.3 Å². The SMILES string of the molecule is CC/C=C/CC/C=C/C(=O)NCC(=O)OC. The van der Waals surface area contributed by atoms with Crippen LogP contribution in [0.1, 0.15) is 26.2 Å². The minimum absolute atomic E-state index is 0.0879. The number of methoxy groups -OCH3 is 1. The van der Waals surface area contributed by atoms with Crippen LogP contribution >= 0.6 is 0 Å². The van der Waals surface area contributed by atoms with E-state index in [1.54, 1.807) is 6.08 Å². The normalized spacial score (nSPS) is 10.9. The second-order valence-electron chi connectivity index (χ2n) is 3.15. The number of hydrogen-bond acceptors (Lipinski definition) is 3. The van der Waals surface area contributed by atoms with E-state index in [4.69, 9.17) is 0 Å². The summed E-state index contributed by atoms with van der Waals surface area (Å²) in [5.41, 5.74) is 0. The summed E-state index contributed by atoms with van der Waals surface area (Å²) < 4.78 is 4.38. The largest absolute Gasteiger partial charge is 0.468 e. The van der Waals surface area contributed by atoms with Gasteiger partial charge in [0.05, 0.1) is 7.11 Å². The van der Waals surface area contributed by atoms with Gasteiger partial charge in [0.25, 0.3) is 0 Å². The molecule has 0 saturated carbocycles. The lowest BCUT2D eigenvalue weighted by Gasteiger charge is -1.99. The monoisotopic (exact) mass is 225 g/mol. The number of hydrogen-bond donors (Lipinski definition) is 1. The average Bonchev–Trinajstić information content (AvgIpc) is 2.30. The molecule has 0 rings (SSSR count). The Morgan fingerprint density at radius 3 is 2.50 bits per heavy atom. The first-order chi connectivity index (χ1) is 7.70. The quantitative estimate of drug-likeness (QED) is 0.310. The van der Waals surface area contributed by atoms with Crippen LogP contribution < -0.4 is 5.32 Å². The molecule has 4 nitrogen and oxygen atoms in total. The fraction of sp³-hybridized carbons (Fsp3) is 0.500. The molecule has 0 saturated heterocycles. The third-order valence-electron chi connectivity index (χ3n) is 1.81. The van der Waals surface area contributed by atoms with Gasteiger partial charge in [-0.2, -0.15) is 0 Å². The molecule has 0 aromatic carbocycles. The highest BCUT2D eigenvalue weighted by Gasteiger charge is 2.00. The van der Waals surface area contributed by atoms with Crippen molar-refractivity contribution in [2.75, 3.05) is 13.7 Å². The summed E-state index contributed by atoms with van der Waals surface area (Å²) in [5, 5.41) is 2.42. The highest BCUT2D eigenvalue weighted by atomic mass is 16.5. The summed E-state index contributed by atoms with van der Waals surface area (Å²) in [6, 6.07) is 0. The molecule has 1 N–H and O–H groups in total. The van der Waals surface area contributed by atoms with Gasteiger partial charge in [-0.1, -0.05) is 25.2 Å². The summed E-state index contributed by atoms with van der Waals surface area (Å²) in [6.07, 6.45) is 10.2. The smallest absolute Gasteiger partial charge is 0.325 e. The Labute approximate surface area is 96.4 Å². The Bertz CT molecular complexity index is 269. The van der Waals surface area contributed by atoms with E-state index in [1.807, 2.05) is 0 Å². The van der Waals surface area contributed by atoms with Gasteiger partial charge in [0.15, 0.2) is 0 Å². The Hall–Kier alpha value is -1.58. The Balaban J connectivity index is 3.58. The highest BCUT2D eigenvalue weighted by Crippen LogP contribution is 1.93. The van der Waals surface area contributed by atoms with Crippen LogP contribution in [-0.2, 0) is 14.3 Å². The zero-order valence-corrected chi connectivity index (χ0v) is 9.86. The minimum atomic E-state index is -0.451. The summed E-state index contributed by atoms with van der Waals surface area (Å²) in [4.78, 5) is 21.8. The van der Waals surface area contributed by atoms with E-state index in [0.717, 1.165) is 19.3 Å². The Kier molecular flexibility index (Phi) is 8.97. The number of unbranched alkanes of at least 4 members (excludes halogenated alkanes) is 1. The molecule has 0 unspecified atom stereocenters. The average molecular weight is 225 g/mol. The van der Waals surface area contributed by atoms with Crippen molar-refractivity contribution in [1.29, 1.82) is 0 Å². The number of esters is 1. The molecule has 0 radical (unpaired) electrons. The number of rotatable bonds is 7. The summed E-state index contributed by atoms with van der Waals surface area (Å²) >= 11 is 0. The van der Waals surface area contributed by atoms with Crippen LogP contribution in [0.25, 0.3) is 0 Å². The van der Waals surface area contributed by atoms with Crippen LogP contribution in [0, 0.1) is 0 Å². The molecule has 16 heavy (non-hydrogen) atoms. The second kappa shape index (κ2) is 9.96. The molecule has 0 aliphatic rings. The molecule has 4 heteroatoms. The molecule has 0 aromatic heterocycles. The van der Waals surface area contributed by atoms with Crippen molar-refractivity contribution in [3.8, 4) is 0 Å². The predicted octanol–water partition coefficient (Wildman–Crippen LogP) is 1.58. The molecule has 0 heterocycles. The lowest BCUT2D eigenvalue weighted by atomic mass is 10.2. The molecule has 90 valence electrons. The van der Waals surface area contributed by atoms with Crippen molar-refractivity contribution in [1.82, 2.24) is 5.32 Å². The lowest BCUT2D eigenvalue weighted by Crippen LogP contribution is -2.28. The Morgan fingerprint density at radius 2 is 1.88 bits per heavy atom. The van der Waals surface area contributed by atoms with Crippen molar-refractivity contribution in [2.45, 2.75) is 26.2 Å². The zero-order valence-electron chi connectivity index (χ0n) is 9.86. The molecular weight excluding hydrogens is 206 g/mol. The number of ether oxygens (including phenoxy) is 1. The van der Waals surface area contributed by atoms with Gasteiger partial charge >= 0.3 is 5.97 Å². The van der Waals surface area contributed by atoms with Crippen molar-refractivity contribution in [3.63, 3.8) is 0 Å². The van der Waals surface area contributed by atoms with Crippen molar-refractivity contribution >= 4 is 11.9 Å². The molecule has 0 aliphatic heterocycles. The van der Waals surface area contributed by atoms with Crippen LogP contribution in [0.2, 0.25) is 0 Å². The topological polar surface area (TPSA) is 55.4 Å². The van der Waals surface area contributed by atoms with E-state index in [1.165, 1.54) is 13.2 Å². The van der Waals surface area contributed by atoms with Gasteiger partial charge in [-0.05, 0) is 25.3 Å². The summed E-state index contributed by atoms with van der Waals surface area (Å²) in [7, 11) is 1.28. The van der Waals surface area contributed by atoms with Crippen molar-refractivity contribution in [2.24, 2.45) is 0 Å². The lowest BCUT2D eigenvalue weighted by molar-refractivity contribution is -0.140. The van der Waals surface area contributed by atoms with Gasteiger partial charge in [0, 0.05) is 0 Å². The van der Waals surface area contributed by atoms with E-state index in [9.17, 15) is 9.59 Å². The molecule has 0 bridgehead atoms. The zero-order chi connectivity index (χ0) is 12.2. The standard InChI is InChI=1S/C12H19NO3/c1-3-4-5-6-7-8-9-11(14)13-10-12(15)16-2/h4-5,8-9H,3,6-7,10H2,1-2H3,(H,13,14)/b5-4+,9-8+. The van der Waals surface area contributed by atoms with Crippen LogP contribution in [-0.4, -0.2) is 25.5 Å². The summed E-state index contributed by atoms with van der Waals surface area (Å²) in [6.45, 7) is 1.99. The van der Waals surface area contributed by atoms with E-state index in [0.29, 0.717) is 0 Å². The maximum atomic E-state index is 11.1. The number of carbonyl (C=O) groups is 2. The molecule has 0 aromatic rings. The molecule has 0 atom stereocenters. The fourth-order valence-corrected chi connectivity index (χ4v) is 0.958. The number of allylic oxidation sites excluding steroid dienone is 3. The Morgan fingerprint density at radius 1 is 1.19 bits per heavy atom. The van der Waals surface area contributed by atoms with E-state index in [-0.39, 0.29) is 12.5 Å². The number of amides is 1. The maximum absolute atomic E-state index is 11.1. The summed E-state index contributed by atoms with van der Waals surface area (Å²) in [5.74, 6) is -0.725. The van der Waals surface area contributed by atoms with E-state index >= 15 is 0 Å². The van der Waals surface area contributed by atoms with Crippen LogP contribution in [0.4, 0.5) is 0 Å². The second-order valence-corrected chi connectivity index (χ2v) is 3.15. The van der Waals surface area contributed by atoms with Gasteiger partial charge in [0.2, 0.25) is 5.91 Å². The first-order valence-electron chi connectivity index (χ1n) is 5.36. The van der Waals surface area contributed by atoms with Gasteiger partial charge in [-0.15, -0.1) is 0 Å². The fourth-order valence-electron chi connectivity index (χ4n) is 0.958. The molecule has 1 amide bonds. The number of carbonyl (C=O) groups excluding carboxylic acids is 2. The maximum Gasteiger partial charge on any atom is 0.325 e. The molecule has 0 aliphatic carbocycles. The van der Waals surface area contributed by atoms with Crippen LogP contribution in [0.3, 0.4) is 0 Å². The highest BCUT2D eigenvalue weighted by molar-refractivity contribution is 5.90. The first-order valence-corrected chi connectivity index (χ1v) is 5.36. The minimum Gasteiger partial charge on any atom is -0.468 e. The van der Waals surface area contributed by atoms with Gasteiger partial charge < -0.3 is 10.1 Å². The third kappa shape index (κ3) is 8.99. The first kappa shape index (κ1) is 14.4. The van der Waals surface area contributed by atoms with Gasteiger partial charge in [-0.3, -0.25) is 9.59 Å². The molecule has 0 fully saturated rings. The number of nitrogens with one attached hydrogen (secondary N) is 1. The van der Waals surface area contributed by atoms with Crippen molar-refractivity contribution < 1.29 is 14.3 Å². The van der Waals surface area contributed by atoms with E-state index < -0.39 is 5.97 Å². The molecular formula is C12H19NO3. The van der Waals surface area contributed by atoms with Gasteiger partial charge in [0.1, 0.15) is 6.54 Å². The van der Waals surface area contributed by atoms with Crippen LogP contribution in [0.15, 0.2) is 24.3 Å². The molecule has 0 spiro atoms. The third-order valence-corrected chi connectivity index (χ3v) is 1.81. The van der Waals surface area contributed by atoms with Gasteiger partial charge in [-0.25, -0.2) is 0 Å². The predicted molar refractivity (Wildman–Crippen MR) is 62.8 cm³/mol. The van der Waals surface area contributed by atoms with Crippen LogP contribution in [0.5, 0.6) is 0 Å². The van der Waals surface area contributed by atoms with E-state index in [2.05, 4.69) is 29.1 Å².